The Labute approximate surface area is 171 Å². The third kappa shape index (κ3) is 8.12. The van der Waals surface area contributed by atoms with Gasteiger partial charge in [0.25, 0.3) is 0 Å². The quantitative estimate of drug-likeness (QED) is 0.497. The number of carboxylic acids is 1. The van der Waals surface area contributed by atoms with Crippen molar-refractivity contribution >= 4 is 5.97 Å². The number of alkyl halides is 3. The fraction of sp³-hybridized carbons (Fsp3) is 0.667. The molecular weight excluding hydrogens is 385 g/mol. The van der Waals surface area contributed by atoms with Gasteiger partial charge in [-0.05, 0) is 31.4 Å². The molecule has 1 N–H and O–H groups in total. The first kappa shape index (κ1) is 25.1. The van der Waals surface area contributed by atoms with E-state index >= 15 is 0 Å². The molecule has 0 saturated heterocycles. The van der Waals surface area contributed by atoms with Gasteiger partial charge in [-0.2, -0.15) is 13.2 Å². The van der Waals surface area contributed by atoms with Gasteiger partial charge in [0.05, 0.1) is 11.8 Å². The number of hydrogen-bond donors (Lipinski definition) is 1. The second-order valence-corrected chi connectivity index (χ2v) is 7.07. The van der Waals surface area contributed by atoms with Crippen molar-refractivity contribution in [1.82, 2.24) is 10.0 Å². The van der Waals surface area contributed by atoms with E-state index in [4.69, 9.17) is 5.11 Å². The minimum absolute atomic E-state index is 0.0926. The van der Waals surface area contributed by atoms with E-state index in [9.17, 15) is 18.0 Å². The summed E-state index contributed by atoms with van der Waals surface area (Å²) in [7, 11) is 0. The van der Waals surface area contributed by atoms with Crippen LogP contribution in [0.2, 0.25) is 0 Å². The SMILES string of the molecule is CCCCC1C=C(C(F)(F)F)N(CCCC)N1CCCC.O=C(O)c1ccoc1. The summed E-state index contributed by atoms with van der Waals surface area (Å²) in [5.41, 5.74) is -0.266. The Balaban J connectivity index is 0.000000436. The van der Waals surface area contributed by atoms with E-state index in [1.165, 1.54) is 29.7 Å². The summed E-state index contributed by atoms with van der Waals surface area (Å²) >= 11 is 0. The molecule has 0 fully saturated rings. The smallest absolute Gasteiger partial charge is 0.432 e. The van der Waals surface area contributed by atoms with Crippen LogP contribution in [-0.4, -0.2) is 46.4 Å². The van der Waals surface area contributed by atoms with Crippen molar-refractivity contribution in [2.75, 3.05) is 13.1 Å². The molecule has 8 heteroatoms. The van der Waals surface area contributed by atoms with Crippen LogP contribution < -0.4 is 0 Å². The molecular formula is C21H33F3N2O3. The lowest BCUT2D eigenvalue weighted by molar-refractivity contribution is -0.134. The number of aromatic carboxylic acids is 1. The number of carbonyl (C=O) groups is 1. The van der Waals surface area contributed by atoms with Gasteiger partial charge in [0, 0.05) is 19.1 Å². The molecule has 1 aliphatic rings. The summed E-state index contributed by atoms with van der Waals surface area (Å²) in [6.07, 6.45) is 6.12. The monoisotopic (exact) mass is 418 g/mol. The Morgan fingerprint density at radius 1 is 1.10 bits per heavy atom. The van der Waals surface area contributed by atoms with Gasteiger partial charge >= 0.3 is 12.1 Å². The molecule has 2 rings (SSSR count). The number of carboxylic acid groups (broad SMARTS) is 1. The molecule has 29 heavy (non-hydrogen) atoms. The molecule has 0 radical (unpaired) electrons. The van der Waals surface area contributed by atoms with Crippen LogP contribution in [0.3, 0.4) is 0 Å². The average Bonchev–Trinajstić information content (AvgIpc) is 3.31. The zero-order valence-electron chi connectivity index (χ0n) is 17.5. The van der Waals surface area contributed by atoms with Crippen LogP contribution >= 0.6 is 0 Å². The number of allylic oxidation sites excluding steroid dienone is 1. The Hall–Kier alpha value is -1.96. The van der Waals surface area contributed by atoms with Gasteiger partial charge in [-0.25, -0.2) is 9.80 Å². The van der Waals surface area contributed by atoms with E-state index in [0.717, 1.165) is 44.9 Å². The summed E-state index contributed by atoms with van der Waals surface area (Å²) in [5, 5.41) is 11.7. The van der Waals surface area contributed by atoms with Gasteiger partial charge in [-0.3, -0.25) is 0 Å². The van der Waals surface area contributed by atoms with Gasteiger partial charge in [0.2, 0.25) is 0 Å². The zero-order chi connectivity index (χ0) is 21.9. The van der Waals surface area contributed by atoms with Crippen molar-refractivity contribution in [2.45, 2.75) is 77.9 Å². The highest BCUT2D eigenvalue weighted by molar-refractivity contribution is 5.86. The van der Waals surface area contributed by atoms with Gasteiger partial charge in [-0.1, -0.05) is 46.5 Å². The van der Waals surface area contributed by atoms with Crippen molar-refractivity contribution in [3.8, 4) is 0 Å². The standard InChI is InChI=1S/C16H29F3N2.C5H4O3/c1-4-7-10-14-13-15(16(17,18)19)21(12-9-6-3)20(14)11-8-5-2;6-5(7)4-1-2-8-3-4/h13-14H,4-12H2,1-3H3;1-3H,(H,6,7). The number of hydrazine groups is 1. The van der Waals surface area contributed by atoms with E-state index in [1.54, 1.807) is 0 Å². The van der Waals surface area contributed by atoms with Crippen LogP contribution in [0.4, 0.5) is 13.2 Å². The summed E-state index contributed by atoms with van der Waals surface area (Å²) in [6, 6.07) is 1.30. The van der Waals surface area contributed by atoms with Crippen molar-refractivity contribution in [1.29, 1.82) is 0 Å². The first-order valence-electron chi connectivity index (χ1n) is 10.3. The Morgan fingerprint density at radius 3 is 2.17 bits per heavy atom. The summed E-state index contributed by atoms with van der Waals surface area (Å²) in [4.78, 5) is 10.0. The lowest BCUT2D eigenvalue weighted by Crippen LogP contribution is -2.45. The molecule has 0 spiro atoms. The second kappa shape index (κ2) is 12.6. The normalized spacial score (nSPS) is 17.1. The third-order valence-corrected chi connectivity index (χ3v) is 4.70. The lowest BCUT2D eigenvalue weighted by atomic mass is 10.1. The van der Waals surface area contributed by atoms with Gasteiger partial charge < -0.3 is 14.5 Å². The van der Waals surface area contributed by atoms with Crippen LogP contribution in [0.15, 0.2) is 34.8 Å². The fourth-order valence-corrected chi connectivity index (χ4v) is 3.11. The second-order valence-electron chi connectivity index (χ2n) is 7.07. The minimum Gasteiger partial charge on any atom is -0.478 e. The van der Waals surface area contributed by atoms with Crippen LogP contribution in [0.25, 0.3) is 0 Å². The molecule has 2 heterocycles. The maximum atomic E-state index is 13.3. The molecule has 1 unspecified atom stereocenters. The largest absolute Gasteiger partial charge is 0.478 e. The van der Waals surface area contributed by atoms with Crippen LogP contribution in [0.1, 0.15) is 76.1 Å². The van der Waals surface area contributed by atoms with E-state index in [0.29, 0.717) is 13.1 Å². The van der Waals surface area contributed by atoms with E-state index in [-0.39, 0.29) is 11.6 Å². The molecule has 0 bridgehead atoms. The average molecular weight is 419 g/mol. The number of furan rings is 1. The lowest BCUT2D eigenvalue weighted by Gasteiger charge is -2.36. The first-order valence-corrected chi connectivity index (χ1v) is 10.3. The van der Waals surface area contributed by atoms with Crippen molar-refractivity contribution < 1.29 is 27.5 Å². The summed E-state index contributed by atoms with van der Waals surface area (Å²) in [6.45, 7) is 7.34. The molecule has 0 saturated carbocycles. The van der Waals surface area contributed by atoms with E-state index < -0.39 is 17.8 Å². The Morgan fingerprint density at radius 2 is 1.72 bits per heavy atom. The fourth-order valence-electron chi connectivity index (χ4n) is 3.11. The number of hydrogen-bond acceptors (Lipinski definition) is 4. The maximum absolute atomic E-state index is 13.3. The summed E-state index contributed by atoms with van der Waals surface area (Å²) < 4.78 is 44.4. The molecule has 166 valence electrons. The number of halogens is 3. The molecule has 0 aromatic carbocycles. The topological polar surface area (TPSA) is 56.9 Å². The molecule has 1 aromatic heterocycles. The van der Waals surface area contributed by atoms with Crippen molar-refractivity contribution in [2.24, 2.45) is 0 Å². The number of unbranched alkanes of at least 4 members (excludes halogenated alkanes) is 3. The predicted octanol–water partition coefficient (Wildman–Crippen LogP) is 6.10. The molecule has 0 aliphatic carbocycles. The zero-order valence-corrected chi connectivity index (χ0v) is 17.5. The van der Waals surface area contributed by atoms with Crippen molar-refractivity contribution in [3.63, 3.8) is 0 Å². The third-order valence-electron chi connectivity index (χ3n) is 4.70. The van der Waals surface area contributed by atoms with E-state index in [2.05, 4.69) is 18.3 Å². The van der Waals surface area contributed by atoms with Crippen LogP contribution in [0.5, 0.6) is 0 Å². The molecule has 1 aliphatic heterocycles. The molecule has 1 atom stereocenters. The Bertz CT molecular complexity index is 615. The molecule has 1 aromatic rings. The molecule has 5 nitrogen and oxygen atoms in total. The highest BCUT2D eigenvalue weighted by Gasteiger charge is 2.45. The highest BCUT2D eigenvalue weighted by atomic mass is 19.4. The van der Waals surface area contributed by atoms with Gasteiger partial charge in [0.1, 0.15) is 12.0 Å². The summed E-state index contributed by atoms with van der Waals surface area (Å²) in [5.74, 6) is -0.959. The highest BCUT2D eigenvalue weighted by Crippen LogP contribution is 2.37. The predicted molar refractivity (Wildman–Crippen MR) is 106 cm³/mol. The van der Waals surface area contributed by atoms with Gasteiger partial charge in [-0.15, -0.1) is 0 Å². The maximum Gasteiger partial charge on any atom is 0.432 e. The molecule has 0 amide bonds. The van der Waals surface area contributed by atoms with E-state index in [1.807, 2.05) is 11.9 Å². The van der Waals surface area contributed by atoms with Crippen LogP contribution in [-0.2, 0) is 0 Å². The first-order chi connectivity index (χ1) is 13.8. The van der Waals surface area contributed by atoms with Crippen LogP contribution in [0, 0.1) is 0 Å². The Kier molecular flexibility index (Phi) is 10.9. The number of rotatable bonds is 10. The minimum atomic E-state index is -4.25. The van der Waals surface area contributed by atoms with Crippen molar-refractivity contribution in [3.05, 3.63) is 35.9 Å². The van der Waals surface area contributed by atoms with Gasteiger partial charge in [0.15, 0.2) is 0 Å². The number of nitrogens with zero attached hydrogens (tertiary/aromatic N) is 2.